The number of amides is 1. The van der Waals surface area contributed by atoms with Crippen molar-refractivity contribution in [3.63, 3.8) is 0 Å². The first kappa shape index (κ1) is 30.8. The van der Waals surface area contributed by atoms with Crippen molar-refractivity contribution in [2.75, 3.05) is 61.0 Å². The van der Waals surface area contributed by atoms with Crippen molar-refractivity contribution in [3.05, 3.63) is 72.6 Å². The van der Waals surface area contributed by atoms with E-state index in [-0.39, 0.29) is 18.0 Å². The van der Waals surface area contributed by atoms with Crippen molar-refractivity contribution in [3.8, 4) is 0 Å². The second-order valence-corrected chi connectivity index (χ2v) is 12.0. The summed E-state index contributed by atoms with van der Waals surface area (Å²) in [6, 6.07) is 9.10. The topological polar surface area (TPSA) is 157 Å². The number of nitrogens with one attached hydrogen (secondary N) is 1. The van der Waals surface area contributed by atoms with Gasteiger partial charge in [-0.05, 0) is 20.8 Å². The average Bonchev–Trinajstić information content (AvgIpc) is 3.50. The Morgan fingerprint density at radius 1 is 0.913 bits per heavy atom. The van der Waals surface area contributed by atoms with E-state index >= 15 is 0 Å². The standard InChI is InChI=1S/C31H37N11O4/c1-31(2,3)46-30(44)41-13-14-45-25(19-41)20-42-18-24(17-36-42)37-27-34-21-35-29(38-27)40-11-9-39(10-12-40)28-32-15-23(16-33-28)26(43)22-7-5-4-6-8-22/h4-8,15-18,21,25H,9-14,19-20H2,1-3H3,(H,34,35,37,38). The van der Waals surface area contributed by atoms with Gasteiger partial charge in [-0.3, -0.25) is 9.48 Å². The van der Waals surface area contributed by atoms with Crippen molar-refractivity contribution in [1.29, 1.82) is 0 Å². The summed E-state index contributed by atoms with van der Waals surface area (Å²) in [7, 11) is 0. The Morgan fingerprint density at radius 3 is 2.35 bits per heavy atom. The summed E-state index contributed by atoms with van der Waals surface area (Å²) in [5.74, 6) is 1.44. The van der Waals surface area contributed by atoms with Gasteiger partial charge in [0.2, 0.25) is 17.8 Å². The molecule has 6 rings (SSSR count). The Bertz CT molecular complexity index is 1630. The van der Waals surface area contributed by atoms with Crippen LogP contribution in [0.1, 0.15) is 36.7 Å². The highest BCUT2D eigenvalue weighted by Gasteiger charge is 2.28. The maximum absolute atomic E-state index is 12.7. The lowest BCUT2D eigenvalue weighted by Crippen LogP contribution is -2.48. The normalized spacial score (nSPS) is 17.1. The molecule has 0 aliphatic carbocycles. The van der Waals surface area contributed by atoms with E-state index in [1.165, 1.54) is 6.33 Å². The summed E-state index contributed by atoms with van der Waals surface area (Å²) in [5.41, 5.74) is 1.23. The first-order chi connectivity index (χ1) is 22.2. The zero-order valence-electron chi connectivity index (χ0n) is 26.1. The summed E-state index contributed by atoms with van der Waals surface area (Å²) in [6.07, 6.45) is 7.63. The molecule has 1 N–H and O–H groups in total. The third kappa shape index (κ3) is 7.72. The van der Waals surface area contributed by atoms with E-state index in [2.05, 4.69) is 45.1 Å². The van der Waals surface area contributed by atoms with Crippen molar-refractivity contribution in [2.24, 2.45) is 0 Å². The van der Waals surface area contributed by atoms with Crippen LogP contribution in [-0.4, -0.2) is 109 Å². The van der Waals surface area contributed by atoms with Gasteiger partial charge in [0.1, 0.15) is 11.9 Å². The van der Waals surface area contributed by atoms with E-state index < -0.39 is 5.60 Å². The molecule has 3 aromatic heterocycles. The Kier molecular flexibility index (Phi) is 9.01. The van der Waals surface area contributed by atoms with E-state index in [1.54, 1.807) is 40.3 Å². The smallest absolute Gasteiger partial charge is 0.410 e. The molecule has 15 nitrogen and oxygen atoms in total. The minimum atomic E-state index is -0.550. The van der Waals surface area contributed by atoms with Crippen LogP contribution in [0.4, 0.5) is 28.3 Å². The van der Waals surface area contributed by atoms with E-state index in [4.69, 9.17) is 9.47 Å². The molecule has 0 spiro atoms. The molecule has 2 saturated heterocycles. The SMILES string of the molecule is CC(C)(C)OC(=O)N1CCOC(Cn2cc(Nc3ncnc(N4CCN(c5ncc(C(=O)c6ccccc6)cn5)CC4)n3)cn2)C1. The summed E-state index contributed by atoms with van der Waals surface area (Å²) in [6.45, 7) is 10.1. The van der Waals surface area contributed by atoms with Gasteiger partial charge in [-0.25, -0.2) is 24.7 Å². The summed E-state index contributed by atoms with van der Waals surface area (Å²) < 4.78 is 13.1. The summed E-state index contributed by atoms with van der Waals surface area (Å²) in [4.78, 5) is 53.2. The second kappa shape index (κ2) is 13.4. The van der Waals surface area contributed by atoms with Gasteiger partial charge in [-0.15, -0.1) is 0 Å². The number of hydrogen-bond donors (Lipinski definition) is 1. The number of benzene rings is 1. The van der Waals surface area contributed by atoms with Crippen LogP contribution in [0.5, 0.6) is 0 Å². The number of hydrogen-bond acceptors (Lipinski definition) is 13. The summed E-state index contributed by atoms with van der Waals surface area (Å²) in [5, 5.41) is 7.64. The number of ether oxygens (including phenoxy) is 2. The molecule has 2 aliphatic heterocycles. The largest absolute Gasteiger partial charge is 0.444 e. The molecule has 1 amide bonds. The molecule has 2 fully saturated rings. The third-order valence-corrected chi connectivity index (χ3v) is 7.41. The van der Waals surface area contributed by atoms with Crippen LogP contribution >= 0.6 is 0 Å². The van der Waals surface area contributed by atoms with Crippen LogP contribution in [0.15, 0.2) is 61.4 Å². The Hall–Kier alpha value is -5.18. The average molecular weight is 628 g/mol. The fourth-order valence-electron chi connectivity index (χ4n) is 5.15. The third-order valence-electron chi connectivity index (χ3n) is 7.41. The molecule has 1 atom stereocenters. The molecular weight excluding hydrogens is 590 g/mol. The van der Waals surface area contributed by atoms with E-state index in [1.807, 2.05) is 45.2 Å². The van der Waals surface area contributed by atoms with Gasteiger partial charge in [0.25, 0.3) is 0 Å². The quantitative estimate of drug-likeness (QED) is 0.285. The molecule has 5 heterocycles. The fraction of sp³-hybridized carbons (Fsp3) is 0.419. The number of morpholine rings is 1. The molecule has 15 heteroatoms. The molecule has 0 radical (unpaired) electrons. The molecule has 46 heavy (non-hydrogen) atoms. The predicted octanol–water partition coefficient (Wildman–Crippen LogP) is 2.80. The van der Waals surface area contributed by atoms with Gasteiger partial charge in [0.15, 0.2) is 5.78 Å². The Labute approximate surface area is 266 Å². The lowest BCUT2D eigenvalue weighted by molar-refractivity contribution is -0.0483. The second-order valence-electron chi connectivity index (χ2n) is 12.0. The van der Waals surface area contributed by atoms with Gasteiger partial charge in [0, 0.05) is 56.9 Å². The molecule has 240 valence electrons. The van der Waals surface area contributed by atoms with E-state index in [0.717, 1.165) is 0 Å². The van der Waals surface area contributed by atoms with E-state index in [9.17, 15) is 9.59 Å². The maximum Gasteiger partial charge on any atom is 0.410 e. The van der Waals surface area contributed by atoms with Gasteiger partial charge in [-0.1, -0.05) is 30.3 Å². The van der Waals surface area contributed by atoms with Crippen LogP contribution in [0, 0.1) is 0 Å². The zero-order chi connectivity index (χ0) is 32.1. The van der Waals surface area contributed by atoms with Gasteiger partial charge < -0.3 is 29.5 Å². The van der Waals surface area contributed by atoms with Crippen LogP contribution in [-0.2, 0) is 16.0 Å². The van der Waals surface area contributed by atoms with Gasteiger partial charge in [0.05, 0.1) is 43.2 Å². The predicted molar refractivity (Wildman–Crippen MR) is 169 cm³/mol. The van der Waals surface area contributed by atoms with Crippen molar-refractivity contribution in [1.82, 2.24) is 39.6 Å². The van der Waals surface area contributed by atoms with Crippen LogP contribution in [0.25, 0.3) is 0 Å². The lowest BCUT2D eigenvalue weighted by atomic mass is 10.1. The summed E-state index contributed by atoms with van der Waals surface area (Å²) >= 11 is 0. The highest BCUT2D eigenvalue weighted by atomic mass is 16.6. The maximum atomic E-state index is 12.7. The monoisotopic (exact) mass is 627 g/mol. The molecule has 0 bridgehead atoms. The number of rotatable bonds is 8. The Morgan fingerprint density at radius 2 is 1.63 bits per heavy atom. The molecule has 0 saturated carbocycles. The zero-order valence-corrected chi connectivity index (χ0v) is 26.1. The number of aromatic nitrogens is 7. The van der Waals surface area contributed by atoms with Crippen molar-refractivity contribution in [2.45, 2.75) is 39.0 Å². The minimum Gasteiger partial charge on any atom is -0.444 e. The molecule has 1 unspecified atom stereocenters. The highest BCUT2D eigenvalue weighted by Crippen LogP contribution is 2.19. The number of ketones is 1. The van der Waals surface area contributed by atoms with Crippen LogP contribution in [0.2, 0.25) is 0 Å². The van der Waals surface area contributed by atoms with E-state index in [0.29, 0.717) is 87.1 Å². The molecule has 1 aromatic carbocycles. The van der Waals surface area contributed by atoms with Crippen molar-refractivity contribution < 1.29 is 19.1 Å². The molecule has 4 aromatic rings. The number of piperazine rings is 1. The molecular formula is C31H37N11O4. The van der Waals surface area contributed by atoms with Crippen LogP contribution in [0.3, 0.4) is 0 Å². The number of anilines is 4. The van der Waals surface area contributed by atoms with Gasteiger partial charge in [-0.2, -0.15) is 10.1 Å². The minimum absolute atomic E-state index is 0.103. The number of carbonyl (C=O) groups excluding carboxylic acids is 2. The van der Waals surface area contributed by atoms with Crippen molar-refractivity contribution >= 4 is 35.4 Å². The van der Waals surface area contributed by atoms with Crippen LogP contribution < -0.4 is 15.1 Å². The number of carbonyl (C=O) groups is 2. The van der Waals surface area contributed by atoms with Gasteiger partial charge >= 0.3 is 6.09 Å². The lowest BCUT2D eigenvalue weighted by Gasteiger charge is -2.34. The number of nitrogens with zero attached hydrogens (tertiary/aromatic N) is 10. The molecule has 2 aliphatic rings. The highest BCUT2D eigenvalue weighted by molar-refractivity contribution is 6.08. The first-order valence-corrected chi connectivity index (χ1v) is 15.2. The first-order valence-electron chi connectivity index (χ1n) is 15.2. The Balaban J connectivity index is 1.00. The fourth-order valence-corrected chi connectivity index (χ4v) is 5.15.